The summed E-state index contributed by atoms with van der Waals surface area (Å²) in [7, 11) is 3.34. The van der Waals surface area contributed by atoms with Crippen LogP contribution in [0.2, 0.25) is 0 Å². The number of quaternary nitrogens is 1. The molecule has 22 heavy (non-hydrogen) atoms. The van der Waals surface area contributed by atoms with Crippen LogP contribution < -0.4 is 14.8 Å². The first kappa shape index (κ1) is 16.3. The molecule has 0 unspecified atom stereocenters. The molecule has 0 aliphatic rings. The van der Waals surface area contributed by atoms with Crippen LogP contribution in [0.3, 0.4) is 0 Å². The quantitative estimate of drug-likeness (QED) is 0.798. The number of hydrogen-bond acceptors (Lipinski definition) is 2. The highest BCUT2D eigenvalue weighted by molar-refractivity contribution is 5.48. The van der Waals surface area contributed by atoms with Crippen LogP contribution in [0.25, 0.3) is 0 Å². The SMILES string of the molecule is COc1ccc(C[NH2+]CCc2cccc(F)c2)c(OC)c1C. The summed E-state index contributed by atoms with van der Waals surface area (Å²) in [6, 6.07) is 10.8. The van der Waals surface area contributed by atoms with E-state index in [1.165, 1.54) is 6.07 Å². The highest BCUT2D eigenvalue weighted by Crippen LogP contribution is 2.30. The van der Waals surface area contributed by atoms with Crippen LogP contribution in [0.1, 0.15) is 16.7 Å². The Kier molecular flexibility index (Phi) is 5.78. The molecule has 0 atom stereocenters. The Morgan fingerprint density at radius 1 is 1.09 bits per heavy atom. The zero-order chi connectivity index (χ0) is 15.9. The lowest BCUT2D eigenvalue weighted by molar-refractivity contribution is -0.670. The van der Waals surface area contributed by atoms with Crippen molar-refractivity contribution in [1.29, 1.82) is 0 Å². The topological polar surface area (TPSA) is 35.1 Å². The third-order valence-corrected chi connectivity index (χ3v) is 3.75. The zero-order valence-corrected chi connectivity index (χ0v) is 13.4. The van der Waals surface area contributed by atoms with Gasteiger partial charge in [-0.05, 0) is 36.8 Å². The summed E-state index contributed by atoms with van der Waals surface area (Å²) < 4.78 is 23.9. The molecular formula is C18H23FNO2+. The fourth-order valence-corrected chi connectivity index (χ4v) is 2.61. The van der Waals surface area contributed by atoms with Crippen molar-refractivity contribution in [3.8, 4) is 11.5 Å². The van der Waals surface area contributed by atoms with E-state index in [1.54, 1.807) is 26.4 Å². The van der Waals surface area contributed by atoms with E-state index in [0.717, 1.165) is 47.7 Å². The van der Waals surface area contributed by atoms with Crippen molar-refractivity contribution < 1.29 is 19.2 Å². The lowest BCUT2D eigenvalue weighted by Crippen LogP contribution is -2.83. The zero-order valence-electron chi connectivity index (χ0n) is 13.4. The van der Waals surface area contributed by atoms with Gasteiger partial charge in [0.2, 0.25) is 0 Å². The second-order valence-corrected chi connectivity index (χ2v) is 5.25. The first-order chi connectivity index (χ1) is 10.7. The van der Waals surface area contributed by atoms with E-state index >= 15 is 0 Å². The molecule has 4 heteroatoms. The van der Waals surface area contributed by atoms with Gasteiger partial charge in [-0.25, -0.2) is 4.39 Å². The molecule has 0 bridgehead atoms. The number of halogens is 1. The van der Waals surface area contributed by atoms with Crippen molar-refractivity contribution in [1.82, 2.24) is 0 Å². The standard InChI is InChI=1S/C18H22FNO2/c1-13-17(21-2)8-7-15(18(13)22-3)12-20-10-9-14-5-4-6-16(19)11-14/h4-8,11,20H,9-10,12H2,1-3H3/p+1. The van der Waals surface area contributed by atoms with E-state index in [-0.39, 0.29) is 5.82 Å². The number of methoxy groups -OCH3 is 2. The van der Waals surface area contributed by atoms with E-state index in [0.29, 0.717) is 0 Å². The number of benzene rings is 2. The Labute approximate surface area is 131 Å². The molecule has 0 amide bonds. The normalized spacial score (nSPS) is 10.5. The van der Waals surface area contributed by atoms with Crippen molar-refractivity contribution >= 4 is 0 Å². The molecule has 118 valence electrons. The third-order valence-electron chi connectivity index (χ3n) is 3.75. The maximum absolute atomic E-state index is 13.1. The van der Waals surface area contributed by atoms with Gasteiger partial charge < -0.3 is 14.8 Å². The van der Waals surface area contributed by atoms with Crippen molar-refractivity contribution in [2.45, 2.75) is 19.9 Å². The minimum atomic E-state index is -0.176. The lowest BCUT2D eigenvalue weighted by atomic mass is 10.1. The van der Waals surface area contributed by atoms with Crippen LogP contribution in [0, 0.1) is 12.7 Å². The average molecular weight is 304 g/mol. The van der Waals surface area contributed by atoms with Gasteiger partial charge >= 0.3 is 0 Å². The van der Waals surface area contributed by atoms with E-state index in [4.69, 9.17) is 9.47 Å². The van der Waals surface area contributed by atoms with E-state index in [9.17, 15) is 4.39 Å². The Hall–Kier alpha value is -2.07. The summed E-state index contributed by atoms with van der Waals surface area (Å²) in [5.41, 5.74) is 3.18. The number of hydrogen-bond donors (Lipinski definition) is 1. The maximum atomic E-state index is 13.1. The minimum absolute atomic E-state index is 0.176. The van der Waals surface area contributed by atoms with Crippen LogP contribution in [0.4, 0.5) is 4.39 Å². The van der Waals surface area contributed by atoms with Crippen LogP contribution >= 0.6 is 0 Å². The fraction of sp³-hybridized carbons (Fsp3) is 0.333. The largest absolute Gasteiger partial charge is 0.496 e. The molecule has 0 fully saturated rings. The monoisotopic (exact) mass is 304 g/mol. The molecule has 3 nitrogen and oxygen atoms in total. The van der Waals surface area contributed by atoms with E-state index in [2.05, 4.69) is 5.32 Å². The Balaban J connectivity index is 1.93. The molecule has 0 aliphatic carbocycles. The molecule has 2 N–H and O–H groups in total. The van der Waals surface area contributed by atoms with Crippen molar-refractivity contribution in [3.05, 3.63) is 58.9 Å². The number of nitrogens with two attached hydrogens (primary N) is 1. The van der Waals surface area contributed by atoms with Crippen LogP contribution in [0.5, 0.6) is 11.5 Å². The van der Waals surface area contributed by atoms with Crippen LogP contribution in [-0.2, 0) is 13.0 Å². The maximum Gasteiger partial charge on any atom is 0.134 e. The molecule has 0 aromatic heterocycles. The van der Waals surface area contributed by atoms with Crippen molar-refractivity contribution in [3.63, 3.8) is 0 Å². The summed E-state index contributed by atoms with van der Waals surface area (Å²) in [5, 5.41) is 2.20. The second kappa shape index (κ2) is 7.80. The van der Waals surface area contributed by atoms with Crippen LogP contribution in [-0.4, -0.2) is 20.8 Å². The molecule has 0 aliphatic heterocycles. The first-order valence-corrected chi connectivity index (χ1v) is 7.42. The van der Waals surface area contributed by atoms with Crippen LogP contribution in [0.15, 0.2) is 36.4 Å². The predicted molar refractivity (Wildman–Crippen MR) is 84.9 cm³/mol. The smallest absolute Gasteiger partial charge is 0.134 e. The molecular weight excluding hydrogens is 281 g/mol. The van der Waals surface area contributed by atoms with E-state index in [1.807, 2.05) is 25.1 Å². The predicted octanol–water partition coefficient (Wildman–Crippen LogP) is 2.46. The Morgan fingerprint density at radius 3 is 2.59 bits per heavy atom. The summed E-state index contributed by atoms with van der Waals surface area (Å²) in [4.78, 5) is 0. The highest BCUT2D eigenvalue weighted by Gasteiger charge is 2.12. The summed E-state index contributed by atoms with van der Waals surface area (Å²) in [6.45, 7) is 3.72. The molecule has 0 spiro atoms. The summed E-state index contributed by atoms with van der Waals surface area (Å²) in [5.74, 6) is 1.53. The molecule has 2 aromatic carbocycles. The molecule has 0 radical (unpaired) electrons. The highest BCUT2D eigenvalue weighted by atomic mass is 19.1. The van der Waals surface area contributed by atoms with Gasteiger partial charge in [0.15, 0.2) is 0 Å². The number of rotatable bonds is 7. The minimum Gasteiger partial charge on any atom is -0.496 e. The van der Waals surface area contributed by atoms with Gasteiger partial charge in [0.25, 0.3) is 0 Å². The van der Waals surface area contributed by atoms with Gasteiger partial charge in [0, 0.05) is 17.5 Å². The average Bonchev–Trinajstić information content (AvgIpc) is 2.52. The molecule has 0 saturated heterocycles. The summed E-state index contributed by atoms with van der Waals surface area (Å²) >= 11 is 0. The number of ether oxygens (including phenoxy) is 2. The first-order valence-electron chi connectivity index (χ1n) is 7.42. The molecule has 2 aromatic rings. The Bertz CT molecular complexity index is 628. The van der Waals surface area contributed by atoms with Gasteiger partial charge in [-0.2, -0.15) is 0 Å². The van der Waals surface area contributed by atoms with Gasteiger partial charge in [0.05, 0.1) is 20.8 Å². The van der Waals surface area contributed by atoms with Gasteiger partial charge in [0.1, 0.15) is 23.9 Å². The van der Waals surface area contributed by atoms with Gasteiger partial charge in [-0.3, -0.25) is 0 Å². The van der Waals surface area contributed by atoms with Crippen molar-refractivity contribution in [2.75, 3.05) is 20.8 Å². The molecule has 0 heterocycles. The molecule has 2 rings (SSSR count). The summed E-state index contributed by atoms with van der Waals surface area (Å²) in [6.07, 6.45) is 0.842. The second-order valence-electron chi connectivity index (χ2n) is 5.25. The Morgan fingerprint density at radius 2 is 1.91 bits per heavy atom. The fourth-order valence-electron chi connectivity index (χ4n) is 2.61. The van der Waals surface area contributed by atoms with Gasteiger partial charge in [-0.1, -0.05) is 12.1 Å². The van der Waals surface area contributed by atoms with Gasteiger partial charge in [-0.15, -0.1) is 0 Å². The molecule has 0 saturated carbocycles. The lowest BCUT2D eigenvalue weighted by Gasteiger charge is -2.13. The third kappa shape index (κ3) is 3.98. The van der Waals surface area contributed by atoms with E-state index < -0.39 is 0 Å². The van der Waals surface area contributed by atoms with Crippen molar-refractivity contribution in [2.24, 2.45) is 0 Å².